The maximum atomic E-state index is 12.3. The number of ether oxygens (including phenoxy) is 2. The zero-order valence-electron chi connectivity index (χ0n) is 14.3. The van der Waals surface area contributed by atoms with E-state index in [1.54, 1.807) is 36.4 Å². The lowest BCUT2D eigenvalue weighted by molar-refractivity contribution is -0.131. The molecule has 1 amide bonds. The summed E-state index contributed by atoms with van der Waals surface area (Å²) in [7, 11) is 1.38. The molecule has 2 aromatic carbocycles. The first-order valence-corrected chi connectivity index (χ1v) is 8.64. The lowest BCUT2D eigenvalue weighted by atomic mass is 10.0. The van der Waals surface area contributed by atoms with Crippen LogP contribution in [0.25, 0.3) is 0 Å². The Kier molecular flexibility index (Phi) is 7.39. The highest BCUT2D eigenvalue weighted by molar-refractivity contribution is 9.10. The maximum absolute atomic E-state index is 12.3. The van der Waals surface area contributed by atoms with Gasteiger partial charge in [0.1, 0.15) is 11.9 Å². The number of phenolic OH excluding ortho intramolecular Hbond substituents is 1. The number of carboxylic acid groups (broad SMARTS) is 1. The number of phenols is 1. The standard InChI is InChI=1S/C19H18BrNO6/c1-26-16(10-11-17(23)24)18(12-2-8-15(22)9-3-12)27-19(25)21-14-6-4-13(20)5-7-14/h2-11,16,18,22H,1H3,(H,21,25)(H,23,24)/b11-10+/t16-,18-/m1/s1. The Morgan fingerprint density at radius 1 is 1.11 bits per heavy atom. The molecule has 2 atom stereocenters. The molecule has 0 saturated carbocycles. The van der Waals surface area contributed by atoms with Crippen LogP contribution in [0.5, 0.6) is 5.75 Å². The van der Waals surface area contributed by atoms with Crippen LogP contribution in [0.1, 0.15) is 11.7 Å². The van der Waals surface area contributed by atoms with E-state index in [9.17, 15) is 14.7 Å². The van der Waals surface area contributed by atoms with Gasteiger partial charge in [0, 0.05) is 23.3 Å². The van der Waals surface area contributed by atoms with Crippen molar-refractivity contribution in [1.82, 2.24) is 0 Å². The van der Waals surface area contributed by atoms with Crippen molar-refractivity contribution in [3.05, 3.63) is 70.7 Å². The van der Waals surface area contributed by atoms with Gasteiger partial charge in [-0.1, -0.05) is 28.1 Å². The molecule has 7 nitrogen and oxygen atoms in total. The van der Waals surface area contributed by atoms with Crippen LogP contribution >= 0.6 is 15.9 Å². The number of carbonyl (C=O) groups is 2. The van der Waals surface area contributed by atoms with Gasteiger partial charge in [0.05, 0.1) is 0 Å². The van der Waals surface area contributed by atoms with Crippen molar-refractivity contribution in [2.45, 2.75) is 12.2 Å². The van der Waals surface area contributed by atoms with E-state index < -0.39 is 24.3 Å². The van der Waals surface area contributed by atoms with Gasteiger partial charge in [-0.15, -0.1) is 0 Å². The van der Waals surface area contributed by atoms with E-state index in [0.29, 0.717) is 11.3 Å². The monoisotopic (exact) mass is 435 g/mol. The molecule has 0 heterocycles. The summed E-state index contributed by atoms with van der Waals surface area (Å²) < 4.78 is 11.6. The second kappa shape index (κ2) is 9.75. The second-order valence-electron chi connectivity index (χ2n) is 5.45. The number of anilines is 1. The normalized spacial score (nSPS) is 13.1. The van der Waals surface area contributed by atoms with Crippen LogP contribution < -0.4 is 5.32 Å². The number of nitrogens with one attached hydrogen (secondary N) is 1. The molecule has 0 unspecified atom stereocenters. The van der Waals surface area contributed by atoms with Gasteiger partial charge in [-0.3, -0.25) is 5.32 Å². The molecule has 0 aromatic heterocycles. The van der Waals surface area contributed by atoms with Gasteiger partial charge < -0.3 is 19.7 Å². The Morgan fingerprint density at radius 2 is 1.74 bits per heavy atom. The van der Waals surface area contributed by atoms with Crippen LogP contribution in [0.2, 0.25) is 0 Å². The van der Waals surface area contributed by atoms with Gasteiger partial charge in [0.25, 0.3) is 0 Å². The van der Waals surface area contributed by atoms with Gasteiger partial charge in [-0.2, -0.15) is 0 Å². The first-order chi connectivity index (χ1) is 12.9. The highest BCUT2D eigenvalue weighted by Gasteiger charge is 2.26. The number of aliphatic carboxylic acids is 1. The van der Waals surface area contributed by atoms with E-state index in [0.717, 1.165) is 10.5 Å². The summed E-state index contributed by atoms with van der Waals surface area (Å²) >= 11 is 3.31. The number of carboxylic acids is 1. The van der Waals surface area contributed by atoms with E-state index in [2.05, 4.69) is 21.2 Å². The molecule has 0 aliphatic rings. The summed E-state index contributed by atoms with van der Waals surface area (Å²) in [5, 5.41) is 20.9. The third kappa shape index (κ3) is 6.43. The topological polar surface area (TPSA) is 105 Å². The van der Waals surface area contributed by atoms with Crippen molar-refractivity contribution < 1.29 is 29.3 Å². The average molecular weight is 436 g/mol. The fourth-order valence-corrected chi connectivity index (χ4v) is 2.53. The highest BCUT2D eigenvalue weighted by atomic mass is 79.9. The minimum atomic E-state index is -1.15. The van der Waals surface area contributed by atoms with E-state index in [-0.39, 0.29) is 5.75 Å². The lowest BCUT2D eigenvalue weighted by Crippen LogP contribution is -2.27. The zero-order valence-corrected chi connectivity index (χ0v) is 15.9. The third-order valence-corrected chi connectivity index (χ3v) is 4.07. The van der Waals surface area contributed by atoms with Crippen LogP contribution in [-0.2, 0) is 14.3 Å². The Labute approximate surface area is 164 Å². The van der Waals surface area contributed by atoms with Gasteiger partial charge in [0.15, 0.2) is 6.10 Å². The Balaban J connectivity index is 2.22. The molecule has 0 saturated heterocycles. The summed E-state index contributed by atoms with van der Waals surface area (Å²) in [5.74, 6) is -1.10. The van der Waals surface area contributed by atoms with Crippen LogP contribution in [0.4, 0.5) is 10.5 Å². The number of amides is 1. The van der Waals surface area contributed by atoms with Crippen LogP contribution in [0, 0.1) is 0 Å². The Hall–Kier alpha value is -2.84. The molecule has 3 N–H and O–H groups in total. The van der Waals surface area contributed by atoms with Crippen LogP contribution in [0.3, 0.4) is 0 Å². The molecule has 0 aliphatic carbocycles. The quantitative estimate of drug-likeness (QED) is 0.565. The molecule has 2 aromatic rings. The summed E-state index contributed by atoms with van der Waals surface area (Å²) in [6.07, 6.45) is -0.311. The molecule has 0 fully saturated rings. The Morgan fingerprint density at radius 3 is 2.30 bits per heavy atom. The summed E-state index contributed by atoms with van der Waals surface area (Å²) in [4.78, 5) is 23.1. The zero-order chi connectivity index (χ0) is 19.8. The predicted molar refractivity (Wildman–Crippen MR) is 103 cm³/mol. The van der Waals surface area contributed by atoms with Gasteiger partial charge in [-0.25, -0.2) is 9.59 Å². The molecule has 0 aliphatic heterocycles. The predicted octanol–water partition coefficient (Wildman–Crippen LogP) is 4.10. The minimum Gasteiger partial charge on any atom is -0.508 e. The molecule has 8 heteroatoms. The molecular formula is C19H18BrNO6. The second-order valence-corrected chi connectivity index (χ2v) is 6.36. The lowest BCUT2D eigenvalue weighted by Gasteiger charge is -2.24. The number of carbonyl (C=O) groups excluding carboxylic acids is 1. The average Bonchev–Trinajstić information content (AvgIpc) is 2.63. The van der Waals surface area contributed by atoms with E-state index >= 15 is 0 Å². The van der Waals surface area contributed by atoms with Crippen molar-refractivity contribution in [2.75, 3.05) is 12.4 Å². The molecule has 27 heavy (non-hydrogen) atoms. The highest BCUT2D eigenvalue weighted by Crippen LogP contribution is 2.27. The number of aromatic hydroxyl groups is 1. The van der Waals surface area contributed by atoms with Crippen molar-refractivity contribution >= 4 is 33.7 Å². The van der Waals surface area contributed by atoms with Crippen molar-refractivity contribution in [2.24, 2.45) is 0 Å². The first-order valence-electron chi connectivity index (χ1n) is 7.85. The van der Waals surface area contributed by atoms with E-state index in [1.165, 1.54) is 25.3 Å². The molecule has 142 valence electrons. The molecular weight excluding hydrogens is 418 g/mol. The van der Waals surface area contributed by atoms with Crippen LogP contribution in [0.15, 0.2) is 65.2 Å². The molecule has 0 radical (unpaired) electrons. The number of methoxy groups -OCH3 is 1. The van der Waals surface area contributed by atoms with Crippen molar-refractivity contribution in [1.29, 1.82) is 0 Å². The summed E-state index contributed by atoms with van der Waals surface area (Å²) in [6, 6.07) is 12.9. The van der Waals surface area contributed by atoms with Crippen molar-refractivity contribution in [3.8, 4) is 5.75 Å². The third-order valence-electron chi connectivity index (χ3n) is 3.55. The minimum absolute atomic E-state index is 0.0480. The van der Waals surface area contributed by atoms with E-state index in [4.69, 9.17) is 14.6 Å². The number of benzene rings is 2. The van der Waals surface area contributed by atoms with E-state index in [1.807, 2.05) is 0 Å². The summed E-state index contributed by atoms with van der Waals surface area (Å²) in [5.41, 5.74) is 1.06. The molecule has 2 rings (SSSR count). The van der Waals surface area contributed by atoms with Crippen molar-refractivity contribution in [3.63, 3.8) is 0 Å². The van der Waals surface area contributed by atoms with Gasteiger partial charge in [0.2, 0.25) is 0 Å². The van der Waals surface area contributed by atoms with Gasteiger partial charge >= 0.3 is 12.1 Å². The SMILES string of the molecule is CO[C@H](/C=C/C(=O)O)[C@H](OC(=O)Nc1ccc(Br)cc1)c1ccc(O)cc1. The number of hydrogen-bond acceptors (Lipinski definition) is 5. The maximum Gasteiger partial charge on any atom is 0.412 e. The fourth-order valence-electron chi connectivity index (χ4n) is 2.26. The summed E-state index contributed by atoms with van der Waals surface area (Å²) in [6.45, 7) is 0. The van der Waals surface area contributed by atoms with Crippen LogP contribution in [-0.4, -0.2) is 35.5 Å². The van der Waals surface area contributed by atoms with Gasteiger partial charge in [-0.05, 0) is 48.0 Å². The number of halogens is 1. The smallest absolute Gasteiger partial charge is 0.412 e. The Bertz CT molecular complexity index is 804. The fraction of sp³-hybridized carbons (Fsp3) is 0.158. The number of hydrogen-bond donors (Lipinski definition) is 3. The largest absolute Gasteiger partial charge is 0.508 e. The molecule has 0 spiro atoms. The first kappa shape index (κ1) is 20.5. The molecule has 0 bridgehead atoms. The number of rotatable bonds is 7.